The van der Waals surface area contributed by atoms with E-state index in [9.17, 15) is 4.79 Å². The van der Waals surface area contributed by atoms with Crippen LogP contribution in [0.25, 0.3) is 0 Å². The molecule has 5 heteroatoms. The summed E-state index contributed by atoms with van der Waals surface area (Å²) < 4.78 is 5.90. The molecule has 0 radical (unpaired) electrons. The highest BCUT2D eigenvalue weighted by Crippen LogP contribution is 2.23. The molecule has 2 aromatic rings. The first-order valence-electron chi connectivity index (χ1n) is 8.36. The Morgan fingerprint density at radius 1 is 1.21 bits per heavy atom. The number of ether oxygens (including phenoxy) is 1. The number of thioether (sulfide) groups is 1. The van der Waals surface area contributed by atoms with Crippen LogP contribution in [-0.2, 0) is 11.3 Å². The molecule has 0 bridgehead atoms. The first kappa shape index (κ1) is 16.8. The SMILES string of the molecule is O=C(CSc1ccccc1)NCc1ccnc(OC2CCCC2)c1. The highest BCUT2D eigenvalue weighted by atomic mass is 32.2. The summed E-state index contributed by atoms with van der Waals surface area (Å²) in [6.45, 7) is 0.498. The Hall–Kier alpha value is -2.01. The van der Waals surface area contributed by atoms with Crippen LogP contribution in [0.15, 0.2) is 53.6 Å². The van der Waals surface area contributed by atoms with E-state index >= 15 is 0 Å². The quantitative estimate of drug-likeness (QED) is 0.778. The number of rotatable bonds is 7. The molecule has 24 heavy (non-hydrogen) atoms. The number of aromatic nitrogens is 1. The van der Waals surface area contributed by atoms with Gasteiger partial charge in [0.15, 0.2) is 0 Å². The Morgan fingerprint density at radius 2 is 2.00 bits per heavy atom. The van der Waals surface area contributed by atoms with E-state index < -0.39 is 0 Å². The number of nitrogens with one attached hydrogen (secondary N) is 1. The highest BCUT2D eigenvalue weighted by Gasteiger charge is 2.17. The minimum atomic E-state index is 0.0268. The van der Waals surface area contributed by atoms with E-state index in [-0.39, 0.29) is 5.91 Å². The molecule has 1 fully saturated rings. The first-order valence-corrected chi connectivity index (χ1v) is 9.34. The standard InChI is InChI=1S/C19H22N2O2S/c22-18(14-24-17-8-2-1-3-9-17)21-13-15-10-11-20-19(12-15)23-16-6-4-5-7-16/h1-3,8-12,16H,4-7,13-14H2,(H,21,22). The van der Waals surface area contributed by atoms with E-state index in [0.717, 1.165) is 23.3 Å². The average Bonchev–Trinajstić information content (AvgIpc) is 3.12. The van der Waals surface area contributed by atoms with Crippen molar-refractivity contribution in [3.63, 3.8) is 0 Å². The summed E-state index contributed by atoms with van der Waals surface area (Å²) in [4.78, 5) is 17.3. The average molecular weight is 342 g/mol. The van der Waals surface area contributed by atoms with Gasteiger partial charge in [0.2, 0.25) is 11.8 Å². The van der Waals surface area contributed by atoms with Gasteiger partial charge in [0.1, 0.15) is 6.10 Å². The van der Waals surface area contributed by atoms with Gasteiger partial charge in [-0.05, 0) is 49.4 Å². The van der Waals surface area contributed by atoms with Gasteiger partial charge in [-0.2, -0.15) is 0 Å². The Balaban J connectivity index is 1.44. The van der Waals surface area contributed by atoms with Gasteiger partial charge in [-0.15, -0.1) is 11.8 Å². The van der Waals surface area contributed by atoms with Crippen molar-refractivity contribution in [1.29, 1.82) is 0 Å². The maximum Gasteiger partial charge on any atom is 0.230 e. The largest absolute Gasteiger partial charge is 0.474 e. The molecule has 0 atom stereocenters. The number of nitrogens with zero attached hydrogens (tertiary/aromatic N) is 1. The minimum absolute atomic E-state index is 0.0268. The van der Waals surface area contributed by atoms with Crippen LogP contribution in [0, 0.1) is 0 Å². The zero-order chi connectivity index (χ0) is 16.6. The van der Waals surface area contributed by atoms with Crippen LogP contribution in [-0.4, -0.2) is 22.7 Å². The second-order valence-corrected chi connectivity index (χ2v) is 6.95. The summed E-state index contributed by atoms with van der Waals surface area (Å²) in [5, 5.41) is 2.95. The summed E-state index contributed by atoms with van der Waals surface area (Å²) in [6.07, 6.45) is 6.73. The van der Waals surface area contributed by atoms with Crippen LogP contribution in [0.1, 0.15) is 31.2 Å². The second kappa shape index (κ2) is 8.73. The molecule has 126 valence electrons. The molecule has 1 aromatic heterocycles. The number of benzene rings is 1. The Labute approximate surface area is 147 Å². The number of pyridine rings is 1. The third-order valence-electron chi connectivity index (χ3n) is 3.99. The smallest absolute Gasteiger partial charge is 0.230 e. The molecule has 0 spiro atoms. The fourth-order valence-corrected chi connectivity index (χ4v) is 3.47. The maximum atomic E-state index is 12.0. The molecule has 1 amide bonds. The van der Waals surface area contributed by atoms with Gasteiger partial charge in [-0.1, -0.05) is 18.2 Å². The van der Waals surface area contributed by atoms with Crippen molar-refractivity contribution < 1.29 is 9.53 Å². The summed E-state index contributed by atoms with van der Waals surface area (Å²) in [5.41, 5.74) is 1.01. The minimum Gasteiger partial charge on any atom is -0.474 e. The topological polar surface area (TPSA) is 51.2 Å². The molecule has 4 nitrogen and oxygen atoms in total. The lowest BCUT2D eigenvalue weighted by molar-refractivity contribution is -0.118. The van der Waals surface area contributed by atoms with E-state index in [2.05, 4.69) is 10.3 Å². The zero-order valence-corrected chi connectivity index (χ0v) is 14.4. The fourth-order valence-electron chi connectivity index (χ4n) is 2.72. The van der Waals surface area contributed by atoms with Crippen LogP contribution in [0.4, 0.5) is 0 Å². The Kier molecular flexibility index (Phi) is 6.13. The number of hydrogen-bond donors (Lipinski definition) is 1. The second-order valence-electron chi connectivity index (χ2n) is 5.91. The van der Waals surface area contributed by atoms with Gasteiger partial charge < -0.3 is 10.1 Å². The van der Waals surface area contributed by atoms with Gasteiger partial charge in [-0.3, -0.25) is 4.79 Å². The van der Waals surface area contributed by atoms with Crippen molar-refractivity contribution in [2.75, 3.05) is 5.75 Å². The maximum absolute atomic E-state index is 12.0. The zero-order valence-electron chi connectivity index (χ0n) is 13.6. The van der Waals surface area contributed by atoms with Crippen molar-refractivity contribution in [3.8, 4) is 5.88 Å². The van der Waals surface area contributed by atoms with Crippen LogP contribution < -0.4 is 10.1 Å². The molecule has 1 heterocycles. The van der Waals surface area contributed by atoms with E-state index in [1.165, 1.54) is 24.6 Å². The van der Waals surface area contributed by atoms with Gasteiger partial charge >= 0.3 is 0 Å². The predicted octanol–water partition coefficient (Wildman–Crippen LogP) is 3.81. The van der Waals surface area contributed by atoms with E-state index in [1.807, 2.05) is 42.5 Å². The lowest BCUT2D eigenvalue weighted by Crippen LogP contribution is -2.24. The number of hydrogen-bond acceptors (Lipinski definition) is 4. The van der Waals surface area contributed by atoms with E-state index in [1.54, 1.807) is 6.20 Å². The molecule has 0 saturated heterocycles. The molecule has 1 N–H and O–H groups in total. The fraction of sp³-hybridized carbons (Fsp3) is 0.368. The van der Waals surface area contributed by atoms with Crippen LogP contribution in [0.3, 0.4) is 0 Å². The van der Waals surface area contributed by atoms with Gasteiger partial charge in [0.05, 0.1) is 5.75 Å². The molecule has 1 aromatic carbocycles. The van der Waals surface area contributed by atoms with E-state index in [0.29, 0.717) is 24.3 Å². The monoisotopic (exact) mass is 342 g/mol. The van der Waals surface area contributed by atoms with Crippen molar-refractivity contribution >= 4 is 17.7 Å². The highest BCUT2D eigenvalue weighted by molar-refractivity contribution is 8.00. The normalized spacial score (nSPS) is 14.5. The summed E-state index contributed by atoms with van der Waals surface area (Å²) in [6, 6.07) is 13.8. The van der Waals surface area contributed by atoms with Crippen LogP contribution in [0.2, 0.25) is 0 Å². The van der Waals surface area contributed by atoms with Crippen molar-refractivity contribution in [1.82, 2.24) is 10.3 Å². The molecule has 1 aliphatic carbocycles. The summed E-state index contributed by atoms with van der Waals surface area (Å²) >= 11 is 1.54. The first-order chi connectivity index (χ1) is 11.8. The van der Waals surface area contributed by atoms with Crippen molar-refractivity contribution in [3.05, 3.63) is 54.2 Å². The molecular formula is C19H22N2O2S. The number of carbonyl (C=O) groups excluding carboxylic acids is 1. The molecule has 1 aliphatic rings. The van der Waals surface area contributed by atoms with Gasteiger partial charge in [0.25, 0.3) is 0 Å². The lowest BCUT2D eigenvalue weighted by Gasteiger charge is -2.13. The predicted molar refractivity (Wildman–Crippen MR) is 96.1 cm³/mol. The van der Waals surface area contributed by atoms with Crippen molar-refractivity contribution in [2.45, 2.75) is 43.2 Å². The van der Waals surface area contributed by atoms with Gasteiger partial charge in [-0.25, -0.2) is 4.98 Å². The van der Waals surface area contributed by atoms with Crippen LogP contribution in [0.5, 0.6) is 5.88 Å². The molecular weight excluding hydrogens is 320 g/mol. The third-order valence-corrected chi connectivity index (χ3v) is 5.00. The number of amides is 1. The summed E-state index contributed by atoms with van der Waals surface area (Å²) in [5.74, 6) is 1.10. The molecule has 3 rings (SSSR count). The molecule has 0 unspecified atom stereocenters. The van der Waals surface area contributed by atoms with E-state index in [4.69, 9.17) is 4.74 Å². The number of carbonyl (C=O) groups is 1. The lowest BCUT2D eigenvalue weighted by atomic mass is 10.2. The van der Waals surface area contributed by atoms with Crippen molar-refractivity contribution in [2.24, 2.45) is 0 Å². The summed E-state index contributed by atoms with van der Waals surface area (Å²) in [7, 11) is 0. The van der Waals surface area contributed by atoms with Crippen LogP contribution >= 0.6 is 11.8 Å². The Bertz CT molecular complexity index is 657. The molecule has 0 aliphatic heterocycles. The van der Waals surface area contributed by atoms with Gasteiger partial charge in [0, 0.05) is 23.7 Å². The molecule has 1 saturated carbocycles. The Morgan fingerprint density at radius 3 is 2.79 bits per heavy atom. The third kappa shape index (κ3) is 5.27.